The van der Waals surface area contributed by atoms with Crippen molar-refractivity contribution in [3.05, 3.63) is 29.3 Å². The first-order chi connectivity index (χ1) is 10.0. The molecule has 0 bridgehead atoms. The summed E-state index contributed by atoms with van der Waals surface area (Å²) in [7, 11) is 3.51. The van der Waals surface area contributed by atoms with Gasteiger partial charge in [-0.1, -0.05) is 19.9 Å². The van der Waals surface area contributed by atoms with Crippen molar-refractivity contribution in [3.63, 3.8) is 0 Å². The lowest BCUT2D eigenvalue weighted by atomic mass is 9.86. The Morgan fingerprint density at radius 1 is 1.24 bits per heavy atom. The van der Waals surface area contributed by atoms with E-state index in [1.54, 1.807) is 14.2 Å². The predicted molar refractivity (Wildman–Crippen MR) is 87.1 cm³/mol. The summed E-state index contributed by atoms with van der Waals surface area (Å²) in [5.74, 6) is 0.967. The molecule has 3 nitrogen and oxygen atoms in total. The van der Waals surface area contributed by atoms with E-state index in [1.165, 1.54) is 17.5 Å². The van der Waals surface area contributed by atoms with Gasteiger partial charge in [0.05, 0.1) is 7.11 Å². The molecule has 0 saturated carbocycles. The molecule has 1 aliphatic rings. The van der Waals surface area contributed by atoms with Crippen molar-refractivity contribution in [1.82, 2.24) is 5.32 Å². The van der Waals surface area contributed by atoms with E-state index in [0.717, 1.165) is 38.2 Å². The van der Waals surface area contributed by atoms with Crippen molar-refractivity contribution >= 4 is 0 Å². The fraction of sp³-hybridized carbons (Fsp3) is 0.667. The van der Waals surface area contributed by atoms with Gasteiger partial charge in [0.15, 0.2) is 0 Å². The van der Waals surface area contributed by atoms with E-state index in [0.29, 0.717) is 6.04 Å². The number of ether oxygens (including phenoxy) is 2. The first kappa shape index (κ1) is 16.3. The molecule has 118 valence electrons. The van der Waals surface area contributed by atoms with Crippen LogP contribution in [0.4, 0.5) is 0 Å². The Bertz CT molecular complexity index is 457. The third kappa shape index (κ3) is 4.72. The highest BCUT2D eigenvalue weighted by Crippen LogP contribution is 2.26. The molecule has 0 fully saturated rings. The van der Waals surface area contributed by atoms with Crippen LogP contribution in [0.15, 0.2) is 18.2 Å². The highest BCUT2D eigenvalue weighted by atomic mass is 16.5. The van der Waals surface area contributed by atoms with Gasteiger partial charge in [-0.3, -0.25) is 0 Å². The van der Waals surface area contributed by atoms with Gasteiger partial charge >= 0.3 is 0 Å². The van der Waals surface area contributed by atoms with Crippen molar-refractivity contribution in [1.29, 1.82) is 0 Å². The fourth-order valence-electron chi connectivity index (χ4n) is 2.92. The van der Waals surface area contributed by atoms with Gasteiger partial charge in [-0.25, -0.2) is 0 Å². The molecule has 1 aliphatic carbocycles. The van der Waals surface area contributed by atoms with Crippen molar-refractivity contribution in [2.45, 2.75) is 45.6 Å². The average molecular weight is 291 g/mol. The van der Waals surface area contributed by atoms with Crippen LogP contribution in [0.2, 0.25) is 0 Å². The van der Waals surface area contributed by atoms with Crippen LogP contribution < -0.4 is 10.1 Å². The maximum Gasteiger partial charge on any atom is 0.119 e. The van der Waals surface area contributed by atoms with E-state index in [9.17, 15) is 0 Å². The number of hydrogen-bond acceptors (Lipinski definition) is 3. The Hall–Kier alpha value is -1.06. The Morgan fingerprint density at radius 2 is 2.05 bits per heavy atom. The summed E-state index contributed by atoms with van der Waals surface area (Å²) in [6, 6.07) is 7.05. The van der Waals surface area contributed by atoms with Crippen molar-refractivity contribution in [2.75, 3.05) is 27.4 Å². The molecule has 3 heteroatoms. The van der Waals surface area contributed by atoms with Crippen molar-refractivity contribution in [2.24, 2.45) is 5.41 Å². The van der Waals surface area contributed by atoms with E-state index in [2.05, 4.69) is 37.4 Å². The zero-order valence-electron chi connectivity index (χ0n) is 13.9. The van der Waals surface area contributed by atoms with E-state index < -0.39 is 0 Å². The zero-order valence-corrected chi connectivity index (χ0v) is 13.9. The van der Waals surface area contributed by atoms with E-state index in [1.807, 2.05) is 0 Å². The molecule has 21 heavy (non-hydrogen) atoms. The van der Waals surface area contributed by atoms with Crippen molar-refractivity contribution < 1.29 is 9.47 Å². The van der Waals surface area contributed by atoms with Crippen LogP contribution in [0.3, 0.4) is 0 Å². The largest absolute Gasteiger partial charge is 0.497 e. The third-order valence-corrected chi connectivity index (χ3v) is 4.49. The third-order valence-electron chi connectivity index (χ3n) is 4.49. The van der Waals surface area contributed by atoms with Gasteiger partial charge in [-0.05, 0) is 54.4 Å². The lowest BCUT2D eigenvalue weighted by Gasteiger charge is -2.31. The van der Waals surface area contributed by atoms with Gasteiger partial charge in [0, 0.05) is 26.3 Å². The summed E-state index contributed by atoms with van der Waals surface area (Å²) >= 11 is 0. The van der Waals surface area contributed by atoms with Gasteiger partial charge in [-0.15, -0.1) is 0 Å². The fourth-order valence-corrected chi connectivity index (χ4v) is 2.92. The van der Waals surface area contributed by atoms with Crippen LogP contribution in [0.1, 0.15) is 37.8 Å². The van der Waals surface area contributed by atoms with Gasteiger partial charge in [0.2, 0.25) is 0 Å². The SMILES string of the molecule is COCCC(C)(C)CNC1CCc2ccc(OC)cc2C1. The summed E-state index contributed by atoms with van der Waals surface area (Å²) in [6.45, 7) is 6.48. The average Bonchev–Trinajstić information content (AvgIpc) is 2.50. The molecule has 1 aromatic carbocycles. The molecule has 0 amide bonds. The number of hydrogen-bond donors (Lipinski definition) is 1. The van der Waals surface area contributed by atoms with E-state index in [-0.39, 0.29) is 5.41 Å². The molecule has 2 rings (SSSR count). The van der Waals surface area contributed by atoms with Crippen LogP contribution in [0.5, 0.6) is 5.75 Å². The topological polar surface area (TPSA) is 30.5 Å². The second-order valence-corrected chi connectivity index (χ2v) is 6.86. The molecule has 1 aromatic rings. The van der Waals surface area contributed by atoms with Gasteiger partial charge in [-0.2, -0.15) is 0 Å². The number of benzene rings is 1. The summed E-state index contributed by atoms with van der Waals surface area (Å²) in [5.41, 5.74) is 3.20. The molecule has 0 aromatic heterocycles. The minimum atomic E-state index is 0.282. The number of nitrogens with one attached hydrogen (secondary N) is 1. The summed E-state index contributed by atoms with van der Waals surface area (Å²) in [4.78, 5) is 0. The first-order valence-corrected chi connectivity index (χ1v) is 7.92. The molecule has 0 aliphatic heterocycles. The highest BCUT2D eigenvalue weighted by molar-refractivity contribution is 5.37. The number of aryl methyl sites for hydroxylation is 1. The molecule has 0 heterocycles. The normalized spacial score (nSPS) is 18.4. The smallest absolute Gasteiger partial charge is 0.119 e. The first-order valence-electron chi connectivity index (χ1n) is 7.92. The van der Waals surface area contributed by atoms with Gasteiger partial charge in [0.25, 0.3) is 0 Å². The summed E-state index contributed by atoms with van der Waals surface area (Å²) in [5, 5.41) is 3.75. The minimum absolute atomic E-state index is 0.282. The van der Waals surface area contributed by atoms with Crippen LogP contribution in [0.25, 0.3) is 0 Å². The van der Waals surface area contributed by atoms with Crippen molar-refractivity contribution in [3.8, 4) is 5.75 Å². The highest BCUT2D eigenvalue weighted by Gasteiger charge is 2.22. The predicted octanol–water partition coefficient (Wildman–Crippen LogP) is 3.20. The lowest BCUT2D eigenvalue weighted by Crippen LogP contribution is -2.40. The second kappa shape index (κ2) is 7.28. The Kier molecular flexibility index (Phi) is 5.65. The molecule has 1 unspecified atom stereocenters. The molecular formula is C18H29NO2. The maximum atomic E-state index is 5.34. The van der Waals surface area contributed by atoms with Gasteiger partial charge < -0.3 is 14.8 Å². The Labute approximate surface area is 129 Å². The molecule has 1 N–H and O–H groups in total. The second-order valence-electron chi connectivity index (χ2n) is 6.86. The number of rotatable bonds is 7. The standard InChI is InChI=1S/C18H29NO2/c1-18(2,9-10-20-3)13-19-16-7-5-14-6-8-17(21-4)12-15(14)11-16/h6,8,12,16,19H,5,7,9-11,13H2,1-4H3. The van der Waals surface area contributed by atoms with Crippen LogP contribution in [-0.2, 0) is 17.6 Å². The van der Waals surface area contributed by atoms with Crippen LogP contribution >= 0.6 is 0 Å². The quantitative estimate of drug-likeness (QED) is 0.837. The van der Waals surface area contributed by atoms with Crippen LogP contribution in [-0.4, -0.2) is 33.4 Å². The number of methoxy groups -OCH3 is 2. The molecule has 0 radical (unpaired) electrons. The van der Waals surface area contributed by atoms with E-state index in [4.69, 9.17) is 9.47 Å². The molecule has 0 spiro atoms. The molecule has 0 saturated heterocycles. The van der Waals surface area contributed by atoms with Gasteiger partial charge in [0.1, 0.15) is 5.75 Å². The molecule has 1 atom stereocenters. The zero-order chi connectivity index (χ0) is 15.3. The minimum Gasteiger partial charge on any atom is -0.497 e. The lowest BCUT2D eigenvalue weighted by molar-refractivity contribution is 0.148. The Morgan fingerprint density at radius 3 is 2.76 bits per heavy atom. The molecular weight excluding hydrogens is 262 g/mol. The number of fused-ring (bicyclic) bond motifs is 1. The monoisotopic (exact) mass is 291 g/mol. The summed E-state index contributed by atoms with van der Waals surface area (Å²) in [6.07, 6.45) is 4.58. The van der Waals surface area contributed by atoms with Crippen LogP contribution in [0, 0.1) is 5.41 Å². The summed E-state index contributed by atoms with van der Waals surface area (Å²) < 4.78 is 10.5. The Balaban J connectivity index is 1.89. The maximum absolute atomic E-state index is 5.34. The van der Waals surface area contributed by atoms with E-state index >= 15 is 0 Å².